The fraction of sp³-hybridized carbons (Fsp3) is 0.690. The van der Waals surface area contributed by atoms with Crippen LogP contribution in [0.4, 0.5) is 4.79 Å². The zero-order valence-electron chi connectivity index (χ0n) is 25.0. The van der Waals surface area contributed by atoms with Gasteiger partial charge in [0.15, 0.2) is 0 Å². The number of hydrogen-bond acceptors (Lipinski definition) is 8. The first-order valence-electron chi connectivity index (χ1n) is 13.7. The van der Waals surface area contributed by atoms with Gasteiger partial charge in [0.05, 0.1) is 6.61 Å². The first-order chi connectivity index (χ1) is 18.3. The van der Waals surface area contributed by atoms with Crippen LogP contribution in [0.5, 0.6) is 0 Å². The van der Waals surface area contributed by atoms with Gasteiger partial charge in [0.25, 0.3) is 0 Å². The molecule has 0 N–H and O–H groups in total. The molecule has 0 aliphatic carbocycles. The number of rotatable bonds is 12. The molecule has 0 bridgehead atoms. The summed E-state index contributed by atoms with van der Waals surface area (Å²) in [5.74, 6) is -1.03. The van der Waals surface area contributed by atoms with Gasteiger partial charge in [-0.25, -0.2) is 9.59 Å². The van der Waals surface area contributed by atoms with Crippen LogP contribution in [-0.4, -0.2) is 122 Å². The topological polar surface area (TPSA) is 91.9 Å². The van der Waals surface area contributed by atoms with Gasteiger partial charge in [-0.15, -0.1) is 0 Å². The maximum atomic E-state index is 13.6. The number of ether oxygens (including phenoxy) is 3. The molecule has 1 aromatic carbocycles. The van der Waals surface area contributed by atoms with Gasteiger partial charge in [-0.1, -0.05) is 37.3 Å². The number of carbonyl (C=O) groups is 3. The van der Waals surface area contributed by atoms with E-state index in [4.69, 9.17) is 14.2 Å². The quantitative estimate of drug-likeness (QED) is 0.368. The standard InChI is InChI=1S/C29H48N4O6/c1-22(20-33-16-14-32(15-17-33)18-19-37-8)25(27(35)38-21-24-12-10-9-11-13-24)31(7)26(34)23(2)30(6)28(36)39-29(3,4)5/h9-13,22-23,25H,14-21H2,1-8H3/t22-,23-,25+/m1/s1. The van der Waals surface area contributed by atoms with Gasteiger partial charge in [0, 0.05) is 60.5 Å². The Kier molecular flexibility index (Phi) is 12.7. The van der Waals surface area contributed by atoms with Crippen LogP contribution in [0, 0.1) is 5.92 Å². The highest BCUT2D eigenvalue weighted by Crippen LogP contribution is 2.19. The fourth-order valence-electron chi connectivity index (χ4n) is 4.60. The average Bonchev–Trinajstić information content (AvgIpc) is 2.89. The van der Waals surface area contributed by atoms with Gasteiger partial charge in [-0.3, -0.25) is 14.6 Å². The van der Waals surface area contributed by atoms with Gasteiger partial charge in [-0.05, 0) is 39.2 Å². The van der Waals surface area contributed by atoms with E-state index in [9.17, 15) is 14.4 Å². The predicted octanol–water partition coefficient (Wildman–Crippen LogP) is 2.71. The third-order valence-electron chi connectivity index (χ3n) is 7.01. The lowest BCUT2D eigenvalue weighted by Gasteiger charge is -2.39. The van der Waals surface area contributed by atoms with Crippen LogP contribution in [0.15, 0.2) is 30.3 Å². The van der Waals surface area contributed by atoms with Crippen molar-refractivity contribution < 1.29 is 28.6 Å². The molecule has 1 aliphatic heterocycles. The minimum atomic E-state index is -0.828. The summed E-state index contributed by atoms with van der Waals surface area (Å²) in [7, 11) is 4.84. The predicted molar refractivity (Wildman–Crippen MR) is 150 cm³/mol. The zero-order valence-corrected chi connectivity index (χ0v) is 25.0. The third kappa shape index (κ3) is 10.4. The number of benzene rings is 1. The molecule has 39 heavy (non-hydrogen) atoms. The molecule has 1 aromatic rings. The number of likely N-dealkylation sites (N-methyl/N-ethyl adjacent to an activating group) is 2. The SMILES string of the molecule is COCCN1CCN(C[C@@H](C)[C@@H](C(=O)OCc2ccccc2)N(C)C(=O)[C@@H](C)N(C)C(=O)OC(C)(C)C)CC1. The van der Waals surface area contributed by atoms with Crippen LogP contribution in [0.2, 0.25) is 0 Å². The summed E-state index contributed by atoms with van der Waals surface area (Å²) < 4.78 is 16.3. The molecule has 10 heteroatoms. The van der Waals surface area contributed by atoms with E-state index in [0.29, 0.717) is 13.2 Å². The highest BCUT2D eigenvalue weighted by atomic mass is 16.6. The molecule has 10 nitrogen and oxygen atoms in total. The Hall–Kier alpha value is -2.69. The summed E-state index contributed by atoms with van der Waals surface area (Å²) in [5, 5.41) is 0. The van der Waals surface area contributed by atoms with Crippen molar-refractivity contribution in [1.82, 2.24) is 19.6 Å². The van der Waals surface area contributed by atoms with Crippen molar-refractivity contribution in [1.29, 1.82) is 0 Å². The second-order valence-electron chi connectivity index (χ2n) is 11.4. The minimum Gasteiger partial charge on any atom is -0.459 e. The van der Waals surface area contributed by atoms with Gasteiger partial charge in [0.1, 0.15) is 24.3 Å². The van der Waals surface area contributed by atoms with Crippen LogP contribution in [0.3, 0.4) is 0 Å². The summed E-state index contributed by atoms with van der Waals surface area (Å²) in [5.41, 5.74) is 0.183. The molecule has 1 fully saturated rings. The van der Waals surface area contributed by atoms with E-state index in [1.807, 2.05) is 37.3 Å². The fourth-order valence-corrected chi connectivity index (χ4v) is 4.60. The number of amides is 2. The monoisotopic (exact) mass is 548 g/mol. The normalized spacial score (nSPS) is 17.1. The Bertz CT molecular complexity index is 914. The minimum absolute atomic E-state index is 0.121. The molecule has 220 valence electrons. The molecule has 0 saturated carbocycles. The maximum absolute atomic E-state index is 13.6. The van der Waals surface area contributed by atoms with Crippen molar-refractivity contribution in [3.63, 3.8) is 0 Å². The molecule has 1 heterocycles. The van der Waals surface area contributed by atoms with Crippen LogP contribution < -0.4 is 0 Å². The largest absolute Gasteiger partial charge is 0.459 e. The summed E-state index contributed by atoms with van der Waals surface area (Å²) in [6.45, 7) is 14.9. The molecular formula is C29H48N4O6. The molecule has 0 spiro atoms. The Morgan fingerprint density at radius 1 is 0.949 bits per heavy atom. The van der Waals surface area contributed by atoms with Gasteiger partial charge < -0.3 is 24.0 Å². The van der Waals surface area contributed by atoms with E-state index in [-0.39, 0.29) is 18.4 Å². The molecule has 1 aliphatic rings. The Labute approximate surface area is 234 Å². The second kappa shape index (κ2) is 15.2. The van der Waals surface area contributed by atoms with E-state index < -0.39 is 29.7 Å². The molecule has 0 radical (unpaired) electrons. The smallest absolute Gasteiger partial charge is 0.410 e. The average molecular weight is 549 g/mol. The second-order valence-corrected chi connectivity index (χ2v) is 11.4. The van der Waals surface area contributed by atoms with Crippen LogP contribution in [-0.2, 0) is 30.4 Å². The lowest BCUT2D eigenvalue weighted by molar-refractivity contribution is -0.159. The van der Waals surface area contributed by atoms with E-state index in [1.54, 1.807) is 41.9 Å². The Morgan fingerprint density at radius 2 is 1.54 bits per heavy atom. The van der Waals surface area contributed by atoms with Crippen LogP contribution >= 0.6 is 0 Å². The Balaban J connectivity index is 2.13. The van der Waals surface area contributed by atoms with E-state index in [1.165, 1.54) is 16.8 Å². The first-order valence-corrected chi connectivity index (χ1v) is 13.7. The van der Waals surface area contributed by atoms with Crippen LogP contribution in [0.1, 0.15) is 40.2 Å². The lowest BCUT2D eigenvalue weighted by atomic mass is 9.98. The van der Waals surface area contributed by atoms with Crippen LogP contribution in [0.25, 0.3) is 0 Å². The highest BCUT2D eigenvalue weighted by Gasteiger charge is 2.38. The van der Waals surface area contributed by atoms with Crippen molar-refractivity contribution >= 4 is 18.0 Å². The zero-order chi connectivity index (χ0) is 29.2. The number of nitrogens with zero attached hydrogens (tertiary/aromatic N) is 4. The van der Waals surface area contributed by atoms with Gasteiger partial charge in [0.2, 0.25) is 5.91 Å². The number of hydrogen-bond donors (Lipinski definition) is 0. The number of piperazine rings is 1. The highest BCUT2D eigenvalue weighted by molar-refractivity contribution is 5.89. The van der Waals surface area contributed by atoms with Crippen molar-refractivity contribution in [3.05, 3.63) is 35.9 Å². The third-order valence-corrected chi connectivity index (χ3v) is 7.01. The number of methoxy groups -OCH3 is 1. The van der Waals surface area contributed by atoms with E-state index in [2.05, 4.69) is 9.80 Å². The molecular weight excluding hydrogens is 500 g/mol. The maximum Gasteiger partial charge on any atom is 0.410 e. The summed E-state index contributed by atoms with van der Waals surface area (Å²) in [6, 6.07) is 7.82. The molecule has 1 saturated heterocycles. The van der Waals surface area contributed by atoms with E-state index >= 15 is 0 Å². The molecule has 0 unspecified atom stereocenters. The molecule has 0 aromatic heterocycles. The van der Waals surface area contributed by atoms with Gasteiger partial charge >= 0.3 is 12.1 Å². The Morgan fingerprint density at radius 3 is 2.10 bits per heavy atom. The van der Waals surface area contributed by atoms with Crippen molar-refractivity contribution in [2.75, 3.05) is 67.1 Å². The molecule has 2 rings (SSSR count). The van der Waals surface area contributed by atoms with E-state index in [0.717, 1.165) is 38.3 Å². The number of carbonyl (C=O) groups excluding carboxylic acids is 3. The van der Waals surface area contributed by atoms with Gasteiger partial charge in [-0.2, -0.15) is 0 Å². The van der Waals surface area contributed by atoms with Crippen molar-refractivity contribution in [2.45, 2.75) is 58.9 Å². The summed E-state index contributed by atoms with van der Waals surface area (Å²) >= 11 is 0. The molecule has 3 atom stereocenters. The summed E-state index contributed by atoms with van der Waals surface area (Å²) in [6.07, 6.45) is -0.598. The first kappa shape index (κ1) is 32.5. The molecule has 2 amide bonds. The summed E-state index contributed by atoms with van der Waals surface area (Å²) in [4.78, 5) is 47.0. The van der Waals surface area contributed by atoms with Crippen molar-refractivity contribution in [2.24, 2.45) is 5.92 Å². The number of esters is 1. The van der Waals surface area contributed by atoms with Crippen molar-refractivity contribution in [3.8, 4) is 0 Å². The lowest BCUT2D eigenvalue weighted by Crippen LogP contribution is -2.56.